The van der Waals surface area contributed by atoms with Crippen molar-refractivity contribution in [2.75, 3.05) is 47.0 Å². The van der Waals surface area contributed by atoms with Crippen molar-refractivity contribution in [1.29, 1.82) is 0 Å². The van der Waals surface area contributed by atoms with Gasteiger partial charge in [0.2, 0.25) is 0 Å². The molecular weight excluding hydrogens is 372 g/mol. The number of benzene rings is 2. The van der Waals surface area contributed by atoms with Crippen molar-refractivity contribution in [3.05, 3.63) is 59.7 Å². The molecule has 1 saturated heterocycles. The molecule has 2 aromatic carbocycles. The number of nitrogens with zero attached hydrogens (tertiary/aromatic N) is 2. The predicted octanol–water partition coefficient (Wildman–Crippen LogP) is 2.21. The lowest BCUT2D eigenvalue weighted by atomic mass is 10.1. The van der Waals surface area contributed by atoms with Gasteiger partial charge in [-0.25, -0.2) is 4.79 Å². The van der Waals surface area contributed by atoms with Crippen LogP contribution in [0.1, 0.15) is 15.9 Å². The second kappa shape index (κ2) is 9.93. The lowest BCUT2D eigenvalue weighted by Crippen LogP contribution is -2.49. The average Bonchev–Trinajstić information content (AvgIpc) is 2.78. The molecule has 7 heteroatoms. The van der Waals surface area contributed by atoms with Crippen molar-refractivity contribution in [2.24, 2.45) is 0 Å². The van der Waals surface area contributed by atoms with Gasteiger partial charge in [-0.05, 0) is 23.8 Å². The summed E-state index contributed by atoms with van der Waals surface area (Å²) in [6, 6.07) is 14.7. The third-order valence-corrected chi connectivity index (χ3v) is 4.96. The summed E-state index contributed by atoms with van der Waals surface area (Å²) in [5.74, 6) is 0.782. The van der Waals surface area contributed by atoms with Crippen LogP contribution in [0.4, 0.5) is 0 Å². The van der Waals surface area contributed by atoms with Crippen LogP contribution >= 0.6 is 0 Å². The molecule has 0 bridgehead atoms. The monoisotopic (exact) mass is 398 g/mol. The van der Waals surface area contributed by atoms with Crippen LogP contribution in [0.25, 0.3) is 0 Å². The van der Waals surface area contributed by atoms with Gasteiger partial charge in [-0.2, -0.15) is 0 Å². The highest BCUT2D eigenvalue weighted by atomic mass is 16.5. The highest BCUT2D eigenvalue weighted by Gasteiger charge is 2.23. The normalized spacial score (nSPS) is 14.3. The fourth-order valence-electron chi connectivity index (χ4n) is 3.33. The van der Waals surface area contributed by atoms with E-state index in [0.29, 0.717) is 36.7 Å². The zero-order valence-electron chi connectivity index (χ0n) is 16.8. The van der Waals surface area contributed by atoms with Crippen molar-refractivity contribution in [1.82, 2.24) is 9.80 Å². The Bertz CT molecular complexity index is 847. The van der Waals surface area contributed by atoms with E-state index in [0.717, 1.165) is 18.7 Å². The molecule has 1 fully saturated rings. The van der Waals surface area contributed by atoms with Crippen molar-refractivity contribution in [2.45, 2.75) is 6.54 Å². The molecule has 1 aliphatic heterocycles. The lowest BCUT2D eigenvalue weighted by Gasteiger charge is -2.35. The number of esters is 1. The Kier molecular flexibility index (Phi) is 7.08. The Balaban J connectivity index is 1.50. The molecule has 0 N–H and O–H groups in total. The van der Waals surface area contributed by atoms with E-state index >= 15 is 0 Å². The Morgan fingerprint density at radius 1 is 0.897 bits per heavy atom. The van der Waals surface area contributed by atoms with Crippen LogP contribution in [0.5, 0.6) is 11.5 Å². The molecule has 1 amide bonds. The molecule has 0 unspecified atom stereocenters. The summed E-state index contributed by atoms with van der Waals surface area (Å²) in [6.45, 7) is 3.32. The summed E-state index contributed by atoms with van der Waals surface area (Å²) in [5.41, 5.74) is 1.51. The maximum Gasteiger partial charge on any atom is 0.338 e. The Hall–Kier alpha value is -3.06. The van der Waals surface area contributed by atoms with E-state index in [1.54, 1.807) is 30.2 Å². The molecule has 1 aliphatic rings. The summed E-state index contributed by atoms with van der Waals surface area (Å²) < 4.78 is 15.7. The summed E-state index contributed by atoms with van der Waals surface area (Å²) in [5, 5.41) is 0. The van der Waals surface area contributed by atoms with Gasteiger partial charge in [0.05, 0.1) is 19.8 Å². The zero-order valence-corrected chi connectivity index (χ0v) is 16.8. The zero-order chi connectivity index (χ0) is 20.6. The Morgan fingerprint density at radius 3 is 2.24 bits per heavy atom. The van der Waals surface area contributed by atoms with Gasteiger partial charge in [-0.1, -0.05) is 30.3 Å². The van der Waals surface area contributed by atoms with E-state index in [-0.39, 0.29) is 18.5 Å². The van der Waals surface area contributed by atoms with Crippen molar-refractivity contribution in [3.63, 3.8) is 0 Å². The molecule has 0 saturated carbocycles. The first kappa shape index (κ1) is 20.7. The van der Waals surface area contributed by atoms with E-state index in [1.165, 1.54) is 7.11 Å². The summed E-state index contributed by atoms with van der Waals surface area (Å²) in [7, 11) is 2.96. The quantitative estimate of drug-likeness (QED) is 0.666. The Labute approximate surface area is 170 Å². The van der Waals surface area contributed by atoms with Gasteiger partial charge in [0.1, 0.15) is 0 Å². The minimum absolute atomic E-state index is 0.0223. The fourth-order valence-corrected chi connectivity index (χ4v) is 3.33. The van der Waals surface area contributed by atoms with Gasteiger partial charge in [0.25, 0.3) is 5.91 Å². The minimum atomic E-state index is -0.331. The third-order valence-electron chi connectivity index (χ3n) is 4.96. The molecule has 0 radical (unpaired) electrons. The fraction of sp³-hybridized carbons (Fsp3) is 0.364. The van der Waals surface area contributed by atoms with E-state index in [2.05, 4.69) is 4.90 Å². The molecule has 7 nitrogen and oxygen atoms in total. The van der Waals surface area contributed by atoms with Crippen LogP contribution in [0, 0.1) is 0 Å². The highest BCUT2D eigenvalue weighted by Crippen LogP contribution is 2.25. The smallest absolute Gasteiger partial charge is 0.338 e. The van der Waals surface area contributed by atoms with Crippen LogP contribution in [-0.4, -0.2) is 68.7 Å². The maximum atomic E-state index is 12.5. The average molecular weight is 398 g/mol. The van der Waals surface area contributed by atoms with Gasteiger partial charge < -0.3 is 19.1 Å². The van der Waals surface area contributed by atoms with Crippen LogP contribution in [0.15, 0.2) is 48.5 Å². The minimum Gasteiger partial charge on any atom is -0.493 e. The van der Waals surface area contributed by atoms with E-state index in [9.17, 15) is 9.59 Å². The van der Waals surface area contributed by atoms with E-state index in [4.69, 9.17) is 14.2 Å². The van der Waals surface area contributed by atoms with Crippen molar-refractivity contribution < 1.29 is 23.8 Å². The number of carbonyl (C=O) groups excluding carboxylic acids is 2. The highest BCUT2D eigenvalue weighted by molar-refractivity contribution is 5.90. The van der Waals surface area contributed by atoms with Crippen LogP contribution in [-0.2, 0) is 16.1 Å². The Morgan fingerprint density at radius 2 is 1.55 bits per heavy atom. The van der Waals surface area contributed by atoms with Crippen LogP contribution in [0.3, 0.4) is 0 Å². The topological polar surface area (TPSA) is 68.3 Å². The van der Waals surface area contributed by atoms with Crippen LogP contribution < -0.4 is 9.47 Å². The summed E-state index contributed by atoms with van der Waals surface area (Å²) in [4.78, 5) is 28.5. The number of ether oxygens (including phenoxy) is 3. The van der Waals surface area contributed by atoms with Crippen molar-refractivity contribution >= 4 is 11.9 Å². The van der Waals surface area contributed by atoms with E-state index < -0.39 is 0 Å². The molecule has 0 aromatic heterocycles. The number of amides is 1. The number of para-hydroxylation sites is 2. The van der Waals surface area contributed by atoms with Crippen molar-refractivity contribution in [3.8, 4) is 11.5 Å². The number of hydrogen-bond acceptors (Lipinski definition) is 6. The molecule has 154 valence electrons. The van der Waals surface area contributed by atoms with E-state index in [1.807, 2.05) is 30.3 Å². The molecule has 1 heterocycles. The molecule has 0 atom stereocenters. The van der Waals surface area contributed by atoms with Crippen LogP contribution in [0.2, 0.25) is 0 Å². The molecule has 3 rings (SSSR count). The molecule has 29 heavy (non-hydrogen) atoms. The van der Waals surface area contributed by atoms with Gasteiger partial charge in [0.15, 0.2) is 18.1 Å². The van der Waals surface area contributed by atoms with Gasteiger partial charge in [0, 0.05) is 32.7 Å². The first-order valence-corrected chi connectivity index (χ1v) is 9.54. The number of carbonyl (C=O) groups is 2. The molecule has 2 aromatic rings. The standard InChI is InChI=1S/C22H26N2O5/c1-27-19-9-5-6-10-20(19)29-16-21(25)24-13-11-23(12-14-24)15-17-7-3-4-8-18(17)22(26)28-2/h3-10H,11-16H2,1-2H3. The maximum absolute atomic E-state index is 12.5. The SMILES string of the molecule is COC(=O)c1ccccc1CN1CCN(C(=O)COc2ccccc2OC)CC1. The lowest BCUT2D eigenvalue weighted by molar-refractivity contribution is -0.135. The second-order valence-electron chi connectivity index (χ2n) is 6.75. The van der Waals surface area contributed by atoms with Gasteiger partial charge >= 0.3 is 5.97 Å². The molecule has 0 spiro atoms. The second-order valence-corrected chi connectivity index (χ2v) is 6.75. The number of hydrogen-bond donors (Lipinski definition) is 0. The summed E-state index contributed by atoms with van der Waals surface area (Å²) in [6.07, 6.45) is 0. The number of methoxy groups -OCH3 is 2. The predicted molar refractivity (Wildman–Crippen MR) is 108 cm³/mol. The van der Waals surface area contributed by atoms with Gasteiger partial charge in [-0.15, -0.1) is 0 Å². The first-order chi connectivity index (χ1) is 14.1. The largest absolute Gasteiger partial charge is 0.493 e. The third kappa shape index (κ3) is 5.26. The first-order valence-electron chi connectivity index (χ1n) is 9.54. The summed E-state index contributed by atoms with van der Waals surface area (Å²) >= 11 is 0. The number of rotatable bonds is 7. The number of piperazine rings is 1. The van der Waals surface area contributed by atoms with Gasteiger partial charge in [-0.3, -0.25) is 9.69 Å². The molecular formula is C22H26N2O5. The molecule has 0 aliphatic carbocycles.